The van der Waals surface area contributed by atoms with Crippen molar-refractivity contribution in [3.8, 4) is 0 Å². The molecule has 0 aromatic carbocycles. The second-order valence-corrected chi connectivity index (χ2v) is 13.8. The van der Waals surface area contributed by atoms with Crippen LogP contribution in [-0.4, -0.2) is 60.0 Å². The van der Waals surface area contributed by atoms with Crippen molar-refractivity contribution in [2.24, 2.45) is 0 Å². The Kier molecular flexibility index (Phi) is 9.19. The smallest absolute Gasteiger partial charge is 0.485 e. The molecular formula is C13H14F6O6S5. The zero-order chi connectivity index (χ0) is 23.5. The summed E-state index contributed by atoms with van der Waals surface area (Å²) in [6.45, 7) is 2.39. The molecule has 1 aromatic heterocycles. The number of halogens is 6. The van der Waals surface area contributed by atoms with Crippen molar-refractivity contribution >= 4 is 58.3 Å². The van der Waals surface area contributed by atoms with E-state index in [1.807, 2.05) is 11.3 Å². The van der Waals surface area contributed by atoms with E-state index in [0.29, 0.717) is 21.8 Å². The second-order valence-electron chi connectivity index (χ2n) is 5.46. The summed E-state index contributed by atoms with van der Waals surface area (Å²) in [5.74, 6) is 5.94. The van der Waals surface area contributed by atoms with Crippen molar-refractivity contribution in [1.29, 1.82) is 0 Å². The minimum absolute atomic E-state index is 0.614. The SMILES string of the molecule is CC1=C(c2cccs2)[S+]2CC[S+]1CC2.O=S(=O)([O-])C(F)(F)F.O=S(=O)([O-])C(F)(F)F. The summed E-state index contributed by atoms with van der Waals surface area (Å²) in [5.41, 5.74) is -11.3. The van der Waals surface area contributed by atoms with Gasteiger partial charge in [0.05, 0.1) is 4.88 Å². The third-order valence-corrected chi connectivity index (χ3v) is 11.3. The fourth-order valence-corrected chi connectivity index (χ4v) is 9.94. The molecule has 3 aliphatic rings. The predicted octanol–water partition coefficient (Wildman–Crippen LogP) is 2.80. The van der Waals surface area contributed by atoms with Crippen molar-refractivity contribution in [3.63, 3.8) is 0 Å². The molecule has 0 amide bonds. The molecule has 4 heterocycles. The van der Waals surface area contributed by atoms with Gasteiger partial charge in [-0.3, -0.25) is 0 Å². The van der Waals surface area contributed by atoms with Crippen molar-refractivity contribution in [2.75, 3.05) is 23.0 Å². The summed E-state index contributed by atoms with van der Waals surface area (Å²) in [6.07, 6.45) is 0. The molecule has 2 bridgehead atoms. The molecule has 0 unspecified atom stereocenters. The molecule has 4 rings (SSSR count). The Bertz CT molecular complexity index is 900. The number of fused-ring (bicyclic) bond motifs is 2. The third-order valence-electron chi connectivity index (χ3n) is 3.51. The molecule has 0 spiro atoms. The average molecular weight is 541 g/mol. The van der Waals surface area contributed by atoms with Gasteiger partial charge in [-0.2, -0.15) is 26.3 Å². The van der Waals surface area contributed by atoms with Crippen LogP contribution in [0.4, 0.5) is 26.3 Å². The molecule has 17 heteroatoms. The predicted molar refractivity (Wildman–Crippen MR) is 103 cm³/mol. The van der Waals surface area contributed by atoms with Gasteiger partial charge in [-0.25, -0.2) is 16.8 Å². The first-order valence-electron chi connectivity index (χ1n) is 7.50. The lowest BCUT2D eigenvalue weighted by Crippen LogP contribution is -2.39. The van der Waals surface area contributed by atoms with Crippen LogP contribution in [0.15, 0.2) is 22.4 Å². The molecule has 6 nitrogen and oxygen atoms in total. The van der Waals surface area contributed by atoms with E-state index in [0.717, 1.165) is 0 Å². The van der Waals surface area contributed by atoms with E-state index >= 15 is 0 Å². The van der Waals surface area contributed by atoms with Gasteiger partial charge in [0.25, 0.3) is 0 Å². The van der Waals surface area contributed by atoms with E-state index in [2.05, 4.69) is 24.4 Å². The molecule has 0 N–H and O–H groups in total. The first-order valence-corrected chi connectivity index (χ1v) is 14.3. The van der Waals surface area contributed by atoms with Gasteiger partial charge in [-0.05, 0) is 11.4 Å². The molecule has 0 aliphatic carbocycles. The van der Waals surface area contributed by atoms with E-state index in [-0.39, 0.29) is 0 Å². The van der Waals surface area contributed by atoms with E-state index in [1.54, 1.807) is 14.7 Å². The molecule has 1 saturated heterocycles. The minimum atomic E-state index is -6.09. The summed E-state index contributed by atoms with van der Waals surface area (Å²) in [6, 6.07) is 4.50. The number of thiophene rings is 1. The number of hydrogen-bond donors (Lipinski definition) is 0. The lowest BCUT2D eigenvalue weighted by Gasteiger charge is -2.23. The van der Waals surface area contributed by atoms with Gasteiger partial charge in [0.1, 0.15) is 0 Å². The van der Waals surface area contributed by atoms with Gasteiger partial charge in [-0.1, -0.05) is 6.07 Å². The highest BCUT2D eigenvalue weighted by atomic mass is 32.2. The number of allylic oxidation sites excluding steroid dienone is 1. The second kappa shape index (κ2) is 9.99. The molecule has 0 saturated carbocycles. The topological polar surface area (TPSA) is 114 Å². The highest BCUT2D eigenvalue weighted by Gasteiger charge is 2.49. The van der Waals surface area contributed by atoms with Gasteiger partial charge in [0.2, 0.25) is 4.91 Å². The van der Waals surface area contributed by atoms with Gasteiger partial charge in [-0.15, -0.1) is 11.3 Å². The quantitative estimate of drug-likeness (QED) is 0.234. The number of alkyl halides is 6. The van der Waals surface area contributed by atoms with Crippen LogP contribution in [0.1, 0.15) is 11.8 Å². The summed E-state index contributed by atoms with van der Waals surface area (Å²) in [7, 11) is -10.9. The number of rotatable bonds is 1. The van der Waals surface area contributed by atoms with Crippen LogP contribution in [0, 0.1) is 0 Å². The fraction of sp³-hybridized carbons (Fsp3) is 0.538. The minimum Gasteiger partial charge on any atom is -0.741 e. The average Bonchev–Trinajstić information content (AvgIpc) is 3.07. The van der Waals surface area contributed by atoms with E-state index in [4.69, 9.17) is 25.9 Å². The first-order chi connectivity index (χ1) is 13.4. The fourth-order valence-electron chi connectivity index (χ4n) is 2.17. The van der Waals surface area contributed by atoms with E-state index in [9.17, 15) is 26.3 Å². The monoisotopic (exact) mass is 540 g/mol. The Morgan fingerprint density at radius 2 is 1.23 bits per heavy atom. The Labute approximate surface area is 178 Å². The van der Waals surface area contributed by atoms with Crippen molar-refractivity contribution < 1.29 is 52.3 Å². The standard InChI is InChI=1S/C11H14S3.2CHF3O3S/c1-9-11(10-3-2-4-12-10)14-7-5-13(9)6-8-14;2*2-1(3,4)8(5,6)7/h2-4H,5-8H2,1H3;2*(H,5,6,7)/q+2;;/p-2. The largest absolute Gasteiger partial charge is 0.741 e. The van der Waals surface area contributed by atoms with Crippen molar-refractivity contribution in [1.82, 2.24) is 0 Å². The van der Waals surface area contributed by atoms with Gasteiger partial charge >= 0.3 is 11.0 Å². The van der Waals surface area contributed by atoms with Crippen LogP contribution in [-0.2, 0) is 42.0 Å². The lowest BCUT2D eigenvalue weighted by atomic mass is 10.4. The maximum atomic E-state index is 10.7. The molecule has 1 fully saturated rings. The van der Waals surface area contributed by atoms with Crippen LogP contribution in [0.3, 0.4) is 0 Å². The van der Waals surface area contributed by atoms with Crippen LogP contribution in [0.5, 0.6) is 0 Å². The highest BCUT2D eigenvalue weighted by molar-refractivity contribution is 8.14. The number of hydrogen-bond acceptors (Lipinski definition) is 7. The Hall–Kier alpha value is -0.460. The molecular weight excluding hydrogens is 526 g/mol. The zero-order valence-electron chi connectivity index (χ0n) is 14.8. The molecule has 0 radical (unpaired) electrons. The van der Waals surface area contributed by atoms with Crippen LogP contribution in [0.25, 0.3) is 4.91 Å². The van der Waals surface area contributed by atoms with E-state index < -0.39 is 31.3 Å². The maximum absolute atomic E-state index is 10.7. The van der Waals surface area contributed by atoms with Gasteiger partial charge < -0.3 is 9.11 Å². The molecule has 1 aromatic rings. The van der Waals surface area contributed by atoms with Crippen LogP contribution in [0.2, 0.25) is 0 Å². The highest BCUT2D eigenvalue weighted by Crippen LogP contribution is 2.41. The van der Waals surface area contributed by atoms with Gasteiger partial charge in [0.15, 0.2) is 48.2 Å². The zero-order valence-corrected chi connectivity index (χ0v) is 18.9. The Morgan fingerprint density at radius 3 is 1.50 bits per heavy atom. The van der Waals surface area contributed by atoms with Gasteiger partial charge in [0, 0.05) is 28.7 Å². The summed E-state index contributed by atoms with van der Waals surface area (Å²) in [4.78, 5) is 5.05. The maximum Gasteiger partial charge on any atom is 0.485 e. The Balaban J connectivity index is 0.000000245. The molecule has 3 aliphatic heterocycles. The summed E-state index contributed by atoms with van der Waals surface area (Å²) in [5, 5.41) is 2.21. The first kappa shape index (κ1) is 27.6. The van der Waals surface area contributed by atoms with E-state index in [1.165, 1.54) is 23.0 Å². The molecule has 30 heavy (non-hydrogen) atoms. The summed E-state index contributed by atoms with van der Waals surface area (Å²) < 4.78 is 118. The molecule has 174 valence electrons. The van der Waals surface area contributed by atoms with Crippen LogP contribution < -0.4 is 0 Å². The van der Waals surface area contributed by atoms with Crippen LogP contribution >= 0.6 is 11.3 Å². The Morgan fingerprint density at radius 1 is 0.867 bits per heavy atom. The van der Waals surface area contributed by atoms with Crippen molar-refractivity contribution in [3.05, 3.63) is 27.3 Å². The third kappa shape index (κ3) is 7.59. The lowest BCUT2D eigenvalue weighted by molar-refractivity contribution is -0.0522. The summed E-state index contributed by atoms with van der Waals surface area (Å²) >= 11 is 1.93. The normalized spacial score (nSPS) is 22.0. The van der Waals surface area contributed by atoms with Crippen molar-refractivity contribution in [2.45, 2.75) is 17.9 Å². The molecule has 0 atom stereocenters.